The fourth-order valence-electron chi connectivity index (χ4n) is 3.03. The first kappa shape index (κ1) is 13.3. The van der Waals surface area contributed by atoms with E-state index in [2.05, 4.69) is 20.4 Å². The molecule has 0 spiro atoms. The van der Waals surface area contributed by atoms with Crippen LogP contribution in [0.4, 0.5) is 5.82 Å². The van der Waals surface area contributed by atoms with Gasteiger partial charge < -0.3 is 10.4 Å². The summed E-state index contributed by atoms with van der Waals surface area (Å²) in [5, 5.41) is 17.4. The first-order chi connectivity index (χ1) is 9.72. The van der Waals surface area contributed by atoms with Gasteiger partial charge in [-0.15, -0.1) is 0 Å². The number of hydrogen-bond acceptors (Lipinski definition) is 5. The Morgan fingerprint density at radius 1 is 1.35 bits per heavy atom. The average Bonchev–Trinajstić information content (AvgIpc) is 2.94. The summed E-state index contributed by atoms with van der Waals surface area (Å²) in [5.41, 5.74) is 0.914. The van der Waals surface area contributed by atoms with Gasteiger partial charge in [0.15, 0.2) is 0 Å². The van der Waals surface area contributed by atoms with E-state index in [9.17, 15) is 5.11 Å². The number of aliphatic hydroxyl groups excluding tert-OH is 1. The number of nitrogens with zero attached hydrogens (tertiary/aromatic N) is 4. The maximum Gasteiger partial charge on any atom is 0.254 e. The van der Waals surface area contributed by atoms with Crippen molar-refractivity contribution in [1.29, 1.82) is 0 Å². The van der Waals surface area contributed by atoms with Crippen molar-refractivity contribution in [2.45, 2.75) is 39.0 Å². The summed E-state index contributed by atoms with van der Waals surface area (Å²) in [6.07, 6.45) is 7.37. The van der Waals surface area contributed by atoms with Crippen molar-refractivity contribution >= 4 is 11.6 Å². The number of anilines is 1. The maximum absolute atomic E-state index is 9.76. The molecule has 0 aromatic carbocycles. The van der Waals surface area contributed by atoms with Crippen LogP contribution in [0.1, 0.15) is 37.8 Å². The third-order valence-electron chi connectivity index (χ3n) is 4.27. The van der Waals surface area contributed by atoms with Crippen molar-refractivity contribution in [2.24, 2.45) is 5.41 Å². The molecule has 3 rings (SSSR count). The van der Waals surface area contributed by atoms with Gasteiger partial charge >= 0.3 is 0 Å². The molecule has 6 nitrogen and oxygen atoms in total. The van der Waals surface area contributed by atoms with E-state index in [1.54, 1.807) is 4.52 Å². The molecule has 1 aliphatic carbocycles. The molecule has 0 aliphatic heterocycles. The first-order valence-corrected chi connectivity index (χ1v) is 7.25. The number of aryl methyl sites for hydroxylation is 1. The van der Waals surface area contributed by atoms with Crippen LogP contribution in [0.3, 0.4) is 0 Å². The van der Waals surface area contributed by atoms with Crippen molar-refractivity contribution in [3.05, 3.63) is 18.1 Å². The van der Waals surface area contributed by atoms with Crippen molar-refractivity contribution < 1.29 is 5.11 Å². The zero-order chi connectivity index (χ0) is 14.0. The number of hydrogen-bond donors (Lipinski definition) is 2. The largest absolute Gasteiger partial charge is 0.396 e. The van der Waals surface area contributed by atoms with Crippen molar-refractivity contribution in [3.8, 4) is 0 Å². The summed E-state index contributed by atoms with van der Waals surface area (Å²) < 4.78 is 1.71. The lowest BCUT2D eigenvalue weighted by Gasteiger charge is -2.35. The van der Waals surface area contributed by atoms with Crippen molar-refractivity contribution in [2.75, 3.05) is 18.5 Å². The molecule has 2 aromatic heterocycles. The van der Waals surface area contributed by atoms with E-state index in [1.807, 2.05) is 13.0 Å². The number of rotatable bonds is 4. The highest BCUT2D eigenvalue weighted by Crippen LogP contribution is 2.35. The van der Waals surface area contributed by atoms with Gasteiger partial charge in [0.05, 0.1) is 6.61 Å². The van der Waals surface area contributed by atoms with E-state index in [4.69, 9.17) is 0 Å². The third kappa shape index (κ3) is 2.47. The summed E-state index contributed by atoms with van der Waals surface area (Å²) in [4.78, 5) is 8.45. The second-order valence-corrected chi connectivity index (χ2v) is 5.83. The van der Waals surface area contributed by atoms with Gasteiger partial charge in [-0.3, -0.25) is 0 Å². The summed E-state index contributed by atoms with van der Waals surface area (Å²) >= 11 is 0. The van der Waals surface area contributed by atoms with Gasteiger partial charge in [0, 0.05) is 23.7 Å². The molecule has 1 saturated carbocycles. The van der Waals surface area contributed by atoms with E-state index in [0.29, 0.717) is 5.78 Å². The lowest BCUT2D eigenvalue weighted by atomic mass is 9.74. The normalized spacial score (nSPS) is 18.3. The highest BCUT2D eigenvalue weighted by Gasteiger charge is 2.31. The minimum atomic E-state index is 0.00231. The molecule has 1 aliphatic rings. The van der Waals surface area contributed by atoms with Gasteiger partial charge in [-0.25, -0.2) is 4.98 Å². The predicted molar refractivity (Wildman–Crippen MR) is 76.6 cm³/mol. The summed E-state index contributed by atoms with van der Waals surface area (Å²) in [7, 11) is 0. The Bertz CT molecular complexity index is 588. The second-order valence-electron chi connectivity index (χ2n) is 5.83. The van der Waals surface area contributed by atoms with Crippen LogP contribution in [-0.4, -0.2) is 37.8 Å². The lowest BCUT2D eigenvalue weighted by molar-refractivity contribution is 0.0943. The van der Waals surface area contributed by atoms with Gasteiger partial charge in [-0.1, -0.05) is 19.3 Å². The van der Waals surface area contributed by atoms with Crippen LogP contribution in [-0.2, 0) is 0 Å². The Morgan fingerprint density at radius 2 is 2.15 bits per heavy atom. The number of aromatic nitrogens is 4. The Balaban J connectivity index is 1.80. The lowest BCUT2D eigenvalue weighted by Crippen LogP contribution is -2.36. The standard InChI is InChI=1S/C14H21N5O/c1-11-7-12(19-13(18-11)16-10-17-19)15-8-14(9-20)5-3-2-4-6-14/h7,10,15,20H,2-6,8-9H2,1H3. The van der Waals surface area contributed by atoms with Crippen LogP contribution in [0.5, 0.6) is 0 Å². The van der Waals surface area contributed by atoms with Crippen LogP contribution < -0.4 is 5.32 Å². The quantitative estimate of drug-likeness (QED) is 0.889. The highest BCUT2D eigenvalue weighted by molar-refractivity contribution is 5.44. The molecular weight excluding hydrogens is 254 g/mol. The predicted octanol–water partition coefficient (Wildman–Crippen LogP) is 1.79. The van der Waals surface area contributed by atoms with Crippen molar-refractivity contribution in [3.63, 3.8) is 0 Å². The Kier molecular flexibility index (Phi) is 3.56. The molecule has 108 valence electrons. The topological polar surface area (TPSA) is 75.3 Å². The van der Waals surface area contributed by atoms with Crippen LogP contribution in [0.15, 0.2) is 12.4 Å². The van der Waals surface area contributed by atoms with Gasteiger partial charge in [0.25, 0.3) is 5.78 Å². The highest BCUT2D eigenvalue weighted by atomic mass is 16.3. The molecule has 0 unspecified atom stereocenters. The zero-order valence-electron chi connectivity index (χ0n) is 11.8. The molecule has 2 N–H and O–H groups in total. The Morgan fingerprint density at radius 3 is 2.90 bits per heavy atom. The van der Waals surface area contributed by atoms with Crippen LogP contribution in [0.25, 0.3) is 5.78 Å². The molecule has 20 heavy (non-hydrogen) atoms. The molecule has 0 saturated heterocycles. The molecule has 2 aromatic rings. The average molecular weight is 275 g/mol. The first-order valence-electron chi connectivity index (χ1n) is 7.25. The fourth-order valence-corrected chi connectivity index (χ4v) is 3.03. The Labute approximate surface area is 118 Å². The summed E-state index contributed by atoms with van der Waals surface area (Å²) in [6, 6.07) is 1.97. The van der Waals surface area contributed by atoms with Crippen LogP contribution in [0.2, 0.25) is 0 Å². The monoisotopic (exact) mass is 275 g/mol. The van der Waals surface area contributed by atoms with Crippen LogP contribution in [0, 0.1) is 12.3 Å². The van der Waals surface area contributed by atoms with E-state index < -0.39 is 0 Å². The SMILES string of the molecule is Cc1cc(NCC2(CO)CCCCC2)n2ncnc2n1. The van der Waals surface area contributed by atoms with Gasteiger partial charge in [-0.05, 0) is 19.8 Å². The summed E-state index contributed by atoms with van der Waals surface area (Å²) in [5.74, 6) is 1.50. The smallest absolute Gasteiger partial charge is 0.254 e. The molecule has 0 amide bonds. The summed E-state index contributed by atoms with van der Waals surface area (Å²) in [6.45, 7) is 2.95. The van der Waals surface area contributed by atoms with Crippen molar-refractivity contribution in [1.82, 2.24) is 19.6 Å². The van der Waals surface area contributed by atoms with Gasteiger partial charge in [0.1, 0.15) is 12.1 Å². The maximum atomic E-state index is 9.76. The number of nitrogens with one attached hydrogen (secondary N) is 1. The fraction of sp³-hybridized carbons (Fsp3) is 0.643. The molecule has 0 atom stereocenters. The molecule has 2 heterocycles. The second kappa shape index (κ2) is 5.36. The Hall–Kier alpha value is -1.69. The molecular formula is C14H21N5O. The minimum Gasteiger partial charge on any atom is -0.396 e. The number of aliphatic hydroxyl groups is 1. The van der Waals surface area contributed by atoms with E-state index in [0.717, 1.165) is 30.9 Å². The van der Waals surface area contributed by atoms with E-state index in [-0.39, 0.29) is 12.0 Å². The van der Waals surface area contributed by atoms with Crippen LogP contribution >= 0.6 is 0 Å². The van der Waals surface area contributed by atoms with Gasteiger partial charge in [0.2, 0.25) is 0 Å². The zero-order valence-corrected chi connectivity index (χ0v) is 11.8. The molecule has 6 heteroatoms. The molecule has 1 fully saturated rings. The van der Waals surface area contributed by atoms with Gasteiger partial charge in [-0.2, -0.15) is 14.6 Å². The van der Waals surface area contributed by atoms with E-state index >= 15 is 0 Å². The third-order valence-corrected chi connectivity index (χ3v) is 4.27. The molecule has 0 radical (unpaired) electrons. The minimum absolute atomic E-state index is 0.00231. The number of fused-ring (bicyclic) bond motifs is 1. The molecule has 0 bridgehead atoms. The van der Waals surface area contributed by atoms with E-state index in [1.165, 1.54) is 25.6 Å².